The van der Waals surface area contributed by atoms with Crippen LogP contribution in [0.2, 0.25) is 10.2 Å². The maximum atomic E-state index is 12.8. The molecule has 2 heterocycles. The summed E-state index contributed by atoms with van der Waals surface area (Å²) in [4.78, 5) is 29.3. The van der Waals surface area contributed by atoms with E-state index in [0.29, 0.717) is 22.9 Å². The van der Waals surface area contributed by atoms with E-state index in [0.717, 1.165) is 0 Å². The Morgan fingerprint density at radius 2 is 1.69 bits per heavy atom. The number of hydrogen-bond donors (Lipinski definition) is 2. The Morgan fingerprint density at radius 3 is 2.55 bits per heavy atom. The number of carbonyl (C=O) groups is 2. The molecule has 2 N–H and O–H groups in total. The molecule has 0 fully saturated rings. The van der Waals surface area contributed by atoms with Crippen LogP contribution in [0.5, 0.6) is 11.5 Å². The second-order valence-corrected chi connectivity index (χ2v) is 6.78. The van der Waals surface area contributed by atoms with Gasteiger partial charge in [0.1, 0.15) is 10.8 Å². The highest BCUT2D eigenvalue weighted by atomic mass is 35.5. The molecule has 0 spiro atoms. The molecule has 0 bridgehead atoms. The first-order valence-electron chi connectivity index (χ1n) is 8.45. The normalized spacial score (nSPS) is 11.8. The van der Waals surface area contributed by atoms with Crippen LogP contribution in [0.25, 0.3) is 0 Å². The fourth-order valence-electron chi connectivity index (χ4n) is 2.72. The van der Waals surface area contributed by atoms with E-state index in [9.17, 15) is 9.59 Å². The van der Waals surface area contributed by atoms with E-state index in [-0.39, 0.29) is 28.2 Å². The number of benzene rings is 2. The largest absolute Gasteiger partial charge is 0.454 e. The van der Waals surface area contributed by atoms with Crippen LogP contribution in [0, 0.1) is 0 Å². The second-order valence-electron chi connectivity index (χ2n) is 5.99. The smallest absolute Gasteiger partial charge is 0.275 e. The monoisotopic (exact) mass is 429 g/mol. The number of pyridine rings is 1. The number of hydrogen-bond acceptors (Lipinski definition) is 5. The molecule has 0 atom stereocenters. The van der Waals surface area contributed by atoms with Gasteiger partial charge in [0, 0.05) is 11.8 Å². The van der Waals surface area contributed by atoms with Gasteiger partial charge < -0.3 is 20.1 Å². The van der Waals surface area contributed by atoms with Crippen molar-refractivity contribution in [3.63, 3.8) is 0 Å². The van der Waals surface area contributed by atoms with Crippen molar-refractivity contribution in [2.45, 2.75) is 0 Å². The lowest BCUT2D eigenvalue weighted by Gasteiger charge is -2.12. The molecule has 0 saturated carbocycles. The molecular weight excluding hydrogens is 417 g/mol. The lowest BCUT2D eigenvalue weighted by molar-refractivity contribution is 0.102. The minimum atomic E-state index is -0.583. The molecule has 2 aromatic carbocycles. The lowest BCUT2D eigenvalue weighted by Crippen LogP contribution is -2.19. The summed E-state index contributed by atoms with van der Waals surface area (Å²) in [5.41, 5.74) is 1.05. The first-order valence-corrected chi connectivity index (χ1v) is 9.20. The average molecular weight is 430 g/mol. The molecule has 1 aromatic heterocycles. The van der Waals surface area contributed by atoms with Crippen LogP contribution in [0.3, 0.4) is 0 Å². The Balaban J connectivity index is 1.55. The van der Waals surface area contributed by atoms with E-state index < -0.39 is 11.8 Å². The fourth-order valence-corrected chi connectivity index (χ4v) is 3.06. The SMILES string of the molecule is O=C(Nc1ccc2c(c1)OCO2)c1ccccc1NC(=O)c1nc(Cl)ccc1Cl. The van der Waals surface area contributed by atoms with Gasteiger partial charge in [-0.15, -0.1) is 0 Å². The third kappa shape index (κ3) is 4.11. The predicted molar refractivity (Wildman–Crippen MR) is 109 cm³/mol. The molecule has 0 radical (unpaired) electrons. The van der Waals surface area contributed by atoms with Gasteiger partial charge in [-0.05, 0) is 36.4 Å². The van der Waals surface area contributed by atoms with E-state index in [1.807, 2.05) is 0 Å². The number of nitrogens with one attached hydrogen (secondary N) is 2. The van der Waals surface area contributed by atoms with E-state index in [1.165, 1.54) is 12.1 Å². The summed E-state index contributed by atoms with van der Waals surface area (Å²) in [5.74, 6) is 0.165. The molecule has 9 heteroatoms. The molecular formula is C20H13Cl2N3O4. The zero-order valence-electron chi connectivity index (χ0n) is 14.7. The van der Waals surface area contributed by atoms with Crippen molar-refractivity contribution in [1.82, 2.24) is 4.98 Å². The van der Waals surface area contributed by atoms with Crippen LogP contribution in [-0.2, 0) is 0 Å². The number of ether oxygens (including phenoxy) is 2. The topological polar surface area (TPSA) is 89.5 Å². The van der Waals surface area contributed by atoms with E-state index in [1.54, 1.807) is 42.5 Å². The molecule has 0 aliphatic carbocycles. The zero-order chi connectivity index (χ0) is 20.4. The van der Waals surface area contributed by atoms with E-state index >= 15 is 0 Å². The first-order chi connectivity index (χ1) is 14.0. The number of nitrogens with zero attached hydrogens (tertiary/aromatic N) is 1. The van der Waals surface area contributed by atoms with Crippen LogP contribution in [-0.4, -0.2) is 23.6 Å². The van der Waals surface area contributed by atoms with Gasteiger partial charge in [0.15, 0.2) is 11.5 Å². The molecule has 29 heavy (non-hydrogen) atoms. The van der Waals surface area contributed by atoms with Crippen LogP contribution < -0.4 is 20.1 Å². The number of fused-ring (bicyclic) bond motifs is 1. The highest BCUT2D eigenvalue weighted by Crippen LogP contribution is 2.34. The predicted octanol–water partition coefficient (Wildman–Crippen LogP) is 4.62. The van der Waals surface area contributed by atoms with Crippen LogP contribution in [0.15, 0.2) is 54.6 Å². The van der Waals surface area contributed by atoms with E-state index in [4.69, 9.17) is 32.7 Å². The number of aromatic nitrogens is 1. The number of para-hydroxylation sites is 1. The van der Waals surface area contributed by atoms with Crippen molar-refractivity contribution in [3.05, 3.63) is 76.0 Å². The van der Waals surface area contributed by atoms with Crippen molar-refractivity contribution in [2.24, 2.45) is 0 Å². The summed E-state index contributed by atoms with van der Waals surface area (Å²) in [6.45, 7) is 0.141. The molecule has 2 amide bonds. The summed E-state index contributed by atoms with van der Waals surface area (Å²) in [7, 11) is 0. The maximum absolute atomic E-state index is 12.8. The summed E-state index contributed by atoms with van der Waals surface area (Å²) in [5, 5.41) is 5.71. The van der Waals surface area contributed by atoms with E-state index in [2.05, 4.69) is 15.6 Å². The van der Waals surface area contributed by atoms with Crippen molar-refractivity contribution in [3.8, 4) is 11.5 Å². The standard InChI is InChI=1S/C20H13Cl2N3O4/c21-13-6-8-17(22)25-18(13)20(27)24-14-4-2-1-3-12(14)19(26)23-11-5-7-15-16(9-11)29-10-28-15/h1-9H,10H2,(H,23,26)(H,24,27). The number of anilines is 2. The number of rotatable bonds is 4. The molecule has 0 saturated heterocycles. The van der Waals surface area contributed by atoms with Gasteiger partial charge in [0.25, 0.3) is 11.8 Å². The number of carbonyl (C=O) groups excluding carboxylic acids is 2. The third-order valence-corrected chi connectivity index (χ3v) is 4.59. The van der Waals surface area contributed by atoms with Gasteiger partial charge in [0.05, 0.1) is 16.3 Å². The summed E-state index contributed by atoms with van der Waals surface area (Å²) >= 11 is 11.9. The highest BCUT2D eigenvalue weighted by Gasteiger charge is 2.19. The molecule has 4 rings (SSSR count). The minimum absolute atomic E-state index is 0.0369. The second kappa shape index (κ2) is 7.98. The average Bonchev–Trinajstić information content (AvgIpc) is 3.18. The van der Waals surface area contributed by atoms with Gasteiger partial charge in [-0.25, -0.2) is 4.98 Å². The van der Waals surface area contributed by atoms with Crippen LogP contribution in [0.4, 0.5) is 11.4 Å². The molecule has 1 aliphatic heterocycles. The fraction of sp³-hybridized carbons (Fsp3) is 0.0500. The number of amides is 2. The summed E-state index contributed by atoms with van der Waals surface area (Å²) < 4.78 is 10.6. The lowest BCUT2D eigenvalue weighted by atomic mass is 10.1. The Labute approximate surface area is 175 Å². The zero-order valence-corrected chi connectivity index (χ0v) is 16.3. The van der Waals surface area contributed by atoms with Crippen molar-refractivity contribution in [2.75, 3.05) is 17.4 Å². The Kier molecular flexibility index (Phi) is 5.24. The third-order valence-electron chi connectivity index (χ3n) is 4.08. The molecule has 146 valence electrons. The Bertz CT molecular complexity index is 1120. The molecule has 7 nitrogen and oxygen atoms in total. The number of halogens is 2. The molecule has 3 aromatic rings. The summed E-state index contributed by atoms with van der Waals surface area (Å²) in [6, 6.07) is 14.6. The van der Waals surface area contributed by atoms with Gasteiger partial charge in [-0.2, -0.15) is 0 Å². The minimum Gasteiger partial charge on any atom is -0.454 e. The Hall–Kier alpha value is -3.29. The van der Waals surface area contributed by atoms with Crippen molar-refractivity contribution >= 4 is 46.4 Å². The van der Waals surface area contributed by atoms with Gasteiger partial charge >= 0.3 is 0 Å². The molecule has 0 unspecified atom stereocenters. The van der Waals surface area contributed by atoms with Gasteiger partial charge in [-0.1, -0.05) is 35.3 Å². The Morgan fingerprint density at radius 1 is 0.897 bits per heavy atom. The molecule has 1 aliphatic rings. The highest BCUT2D eigenvalue weighted by molar-refractivity contribution is 6.35. The van der Waals surface area contributed by atoms with Gasteiger partial charge in [-0.3, -0.25) is 9.59 Å². The van der Waals surface area contributed by atoms with Crippen molar-refractivity contribution in [1.29, 1.82) is 0 Å². The van der Waals surface area contributed by atoms with Crippen molar-refractivity contribution < 1.29 is 19.1 Å². The van der Waals surface area contributed by atoms with Crippen LogP contribution >= 0.6 is 23.2 Å². The van der Waals surface area contributed by atoms with Gasteiger partial charge in [0.2, 0.25) is 6.79 Å². The maximum Gasteiger partial charge on any atom is 0.275 e. The first kappa shape index (κ1) is 19.0. The summed E-state index contributed by atoms with van der Waals surface area (Å²) in [6.07, 6.45) is 0. The quantitative estimate of drug-likeness (QED) is 0.590. The van der Waals surface area contributed by atoms with Crippen LogP contribution in [0.1, 0.15) is 20.8 Å².